The number of rotatable bonds is 6. The van der Waals surface area contributed by atoms with E-state index < -0.39 is 5.97 Å². The average molecular weight is 247 g/mol. The van der Waals surface area contributed by atoms with Crippen LogP contribution in [0.1, 0.15) is 25.2 Å². The molecule has 1 N–H and O–H groups in total. The number of aliphatic carboxylic acids is 1. The van der Waals surface area contributed by atoms with Crippen LogP contribution >= 0.6 is 0 Å². The van der Waals surface area contributed by atoms with Crippen LogP contribution in [-0.4, -0.2) is 26.3 Å². The van der Waals surface area contributed by atoms with Crippen LogP contribution in [0.2, 0.25) is 0 Å². The van der Waals surface area contributed by atoms with Crippen molar-refractivity contribution in [2.24, 2.45) is 0 Å². The predicted octanol–water partition coefficient (Wildman–Crippen LogP) is 1.93. The molecule has 18 heavy (non-hydrogen) atoms. The van der Waals surface area contributed by atoms with E-state index in [1.165, 1.54) is 0 Å². The minimum atomic E-state index is -0.781. The van der Waals surface area contributed by atoms with E-state index in [1.54, 1.807) is 18.5 Å². The van der Waals surface area contributed by atoms with Gasteiger partial charge in [0.05, 0.1) is 5.56 Å². The average Bonchev–Trinajstić information content (AvgIpc) is 2.84. The van der Waals surface area contributed by atoms with Crippen LogP contribution in [0, 0.1) is 0 Å². The molecule has 2 rings (SSSR count). The lowest BCUT2D eigenvalue weighted by Gasteiger charge is -1.94. The van der Waals surface area contributed by atoms with Gasteiger partial charge in [-0.15, -0.1) is 10.2 Å². The topological polar surface area (TPSA) is 89.1 Å². The number of carbonyl (C=O) groups is 1. The molecule has 94 valence electrons. The van der Waals surface area contributed by atoms with Crippen molar-refractivity contribution in [1.29, 1.82) is 0 Å². The molecule has 2 aromatic heterocycles. The summed E-state index contributed by atoms with van der Waals surface area (Å²) in [5, 5.41) is 16.3. The molecular formula is C12H13N3O3. The van der Waals surface area contributed by atoms with E-state index in [1.807, 2.05) is 6.07 Å². The Morgan fingerprint density at radius 3 is 2.94 bits per heavy atom. The normalized spacial score (nSPS) is 10.4. The molecule has 0 aliphatic rings. The first-order valence-electron chi connectivity index (χ1n) is 5.70. The summed E-state index contributed by atoms with van der Waals surface area (Å²) >= 11 is 0. The molecule has 2 heterocycles. The van der Waals surface area contributed by atoms with Gasteiger partial charge in [-0.3, -0.25) is 9.78 Å². The summed E-state index contributed by atoms with van der Waals surface area (Å²) in [5.41, 5.74) is 0.779. The second-order valence-electron chi connectivity index (χ2n) is 3.84. The van der Waals surface area contributed by atoms with Gasteiger partial charge in [0, 0.05) is 25.2 Å². The number of aryl methyl sites for hydroxylation is 1. The van der Waals surface area contributed by atoms with Gasteiger partial charge in [-0.1, -0.05) is 0 Å². The Hall–Kier alpha value is -2.24. The minimum Gasteiger partial charge on any atom is -0.481 e. The SMILES string of the molecule is O=C(O)CCCCc1nnc(-c2cccnc2)o1. The Morgan fingerprint density at radius 2 is 2.22 bits per heavy atom. The van der Waals surface area contributed by atoms with Gasteiger partial charge in [-0.05, 0) is 25.0 Å². The lowest BCUT2D eigenvalue weighted by Crippen LogP contribution is -1.95. The van der Waals surface area contributed by atoms with Crippen LogP contribution in [0.4, 0.5) is 0 Å². The standard InChI is InChI=1S/C12H13N3O3/c16-11(17)6-2-1-5-10-14-15-12(18-10)9-4-3-7-13-8-9/h3-4,7-8H,1-2,5-6H2,(H,16,17). The number of unbranched alkanes of at least 4 members (excludes halogenated alkanes) is 1. The zero-order chi connectivity index (χ0) is 12.8. The summed E-state index contributed by atoms with van der Waals surface area (Å²) in [6, 6.07) is 3.64. The molecule has 0 saturated carbocycles. The van der Waals surface area contributed by atoms with Gasteiger partial charge in [0.25, 0.3) is 0 Å². The van der Waals surface area contributed by atoms with Gasteiger partial charge < -0.3 is 9.52 Å². The summed E-state index contributed by atoms with van der Waals surface area (Å²) in [6.45, 7) is 0. The highest BCUT2D eigenvalue weighted by Crippen LogP contribution is 2.16. The summed E-state index contributed by atoms with van der Waals surface area (Å²) in [5.74, 6) is 0.187. The molecular weight excluding hydrogens is 234 g/mol. The number of aromatic nitrogens is 3. The smallest absolute Gasteiger partial charge is 0.303 e. The van der Waals surface area contributed by atoms with Gasteiger partial charge in [-0.2, -0.15) is 0 Å². The molecule has 0 radical (unpaired) electrons. The zero-order valence-electron chi connectivity index (χ0n) is 9.74. The molecule has 0 atom stereocenters. The highest BCUT2D eigenvalue weighted by atomic mass is 16.4. The molecule has 0 unspecified atom stereocenters. The van der Waals surface area contributed by atoms with Crippen molar-refractivity contribution in [3.63, 3.8) is 0 Å². The third-order valence-electron chi connectivity index (χ3n) is 2.41. The van der Waals surface area contributed by atoms with Crippen LogP contribution in [0.3, 0.4) is 0 Å². The van der Waals surface area contributed by atoms with Crippen LogP contribution in [-0.2, 0) is 11.2 Å². The lowest BCUT2D eigenvalue weighted by molar-refractivity contribution is -0.137. The Kier molecular flexibility index (Phi) is 4.01. The van der Waals surface area contributed by atoms with Gasteiger partial charge >= 0.3 is 5.97 Å². The molecule has 0 aliphatic carbocycles. The molecule has 0 spiro atoms. The lowest BCUT2D eigenvalue weighted by atomic mass is 10.2. The number of nitrogens with zero attached hydrogens (tertiary/aromatic N) is 3. The number of hydrogen-bond acceptors (Lipinski definition) is 5. The monoisotopic (exact) mass is 247 g/mol. The van der Waals surface area contributed by atoms with Gasteiger partial charge in [0.2, 0.25) is 11.8 Å². The van der Waals surface area contributed by atoms with Crippen molar-refractivity contribution in [1.82, 2.24) is 15.2 Å². The molecule has 2 aromatic rings. The summed E-state index contributed by atoms with van der Waals surface area (Å²) in [7, 11) is 0. The zero-order valence-corrected chi connectivity index (χ0v) is 9.74. The number of hydrogen-bond donors (Lipinski definition) is 1. The first-order valence-corrected chi connectivity index (χ1v) is 5.70. The van der Waals surface area contributed by atoms with E-state index in [0.29, 0.717) is 24.6 Å². The molecule has 0 amide bonds. The fourth-order valence-corrected chi connectivity index (χ4v) is 1.51. The summed E-state index contributed by atoms with van der Waals surface area (Å²) in [4.78, 5) is 14.3. The first kappa shape index (κ1) is 12.2. The second-order valence-corrected chi connectivity index (χ2v) is 3.84. The van der Waals surface area contributed by atoms with E-state index in [2.05, 4.69) is 15.2 Å². The van der Waals surface area contributed by atoms with E-state index >= 15 is 0 Å². The van der Waals surface area contributed by atoms with Crippen molar-refractivity contribution in [2.45, 2.75) is 25.7 Å². The largest absolute Gasteiger partial charge is 0.481 e. The third-order valence-corrected chi connectivity index (χ3v) is 2.41. The molecule has 0 fully saturated rings. The van der Waals surface area contributed by atoms with Crippen LogP contribution in [0.5, 0.6) is 0 Å². The maximum Gasteiger partial charge on any atom is 0.303 e. The quantitative estimate of drug-likeness (QED) is 0.784. The van der Waals surface area contributed by atoms with Crippen LogP contribution < -0.4 is 0 Å². The minimum absolute atomic E-state index is 0.170. The molecule has 0 bridgehead atoms. The fraction of sp³-hybridized carbons (Fsp3) is 0.333. The fourth-order valence-electron chi connectivity index (χ4n) is 1.51. The van der Waals surface area contributed by atoms with E-state index in [0.717, 1.165) is 12.0 Å². The van der Waals surface area contributed by atoms with Crippen molar-refractivity contribution < 1.29 is 14.3 Å². The van der Waals surface area contributed by atoms with Gasteiger partial charge in [-0.25, -0.2) is 0 Å². The van der Waals surface area contributed by atoms with Gasteiger partial charge in [0.1, 0.15) is 0 Å². The first-order chi connectivity index (χ1) is 8.75. The van der Waals surface area contributed by atoms with Crippen molar-refractivity contribution >= 4 is 5.97 Å². The Morgan fingerprint density at radius 1 is 1.33 bits per heavy atom. The Balaban J connectivity index is 1.89. The second kappa shape index (κ2) is 5.90. The maximum atomic E-state index is 10.3. The maximum absolute atomic E-state index is 10.3. The van der Waals surface area contributed by atoms with E-state index in [4.69, 9.17) is 9.52 Å². The van der Waals surface area contributed by atoms with Crippen molar-refractivity contribution in [2.75, 3.05) is 0 Å². The third kappa shape index (κ3) is 3.38. The highest BCUT2D eigenvalue weighted by Gasteiger charge is 2.08. The molecule has 6 nitrogen and oxygen atoms in total. The summed E-state index contributed by atoms with van der Waals surface area (Å²) in [6.07, 6.45) is 5.43. The Labute approximate surface area is 104 Å². The van der Waals surface area contributed by atoms with Crippen LogP contribution in [0.15, 0.2) is 28.9 Å². The number of pyridine rings is 1. The predicted molar refractivity (Wildman–Crippen MR) is 62.7 cm³/mol. The Bertz CT molecular complexity index is 510. The van der Waals surface area contributed by atoms with Crippen molar-refractivity contribution in [3.8, 4) is 11.5 Å². The summed E-state index contributed by atoms with van der Waals surface area (Å²) < 4.78 is 5.47. The van der Waals surface area contributed by atoms with E-state index in [-0.39, 0.29) is 6.42 Å². The number of carboxylic acids is 1. The van der Waals surface area contributed by atoms with Gasteiger partial charge in [0.15, 0.2) is 0 Å². The van der Waals surface area contributed by atoms with Crippen molar-refractivity contribution in [3.05, 3.63) is 30.4 Å². The molecule has 0 aromatic carbocycles. The highest BCUT2D eigenvalue weighted by molar-refractivity contribution is 5.66. The molecule has 0 saturated heterocycles. The van der Waals surface area contributed by atoms with E-state index in [9.17, 15) is 4.79 Å². The van der Waals surface area contributed by atoms with Crippen LogP contribution in [0.25, 0.3) is 11.5 Å². The molecule has 6 heteroatoms. The number of carboxylic acid groups (broad SMARTS) is 1. The molecule has 0 aliphatic heterocycles.